The van der Waals surface area contributed by atoms with Crippen LogP contribution in [0.4, 0.5) is 11.5 Å². The van der Waals surface area contributed by atoms with Gasteiger partial charge in [-0.25, -0.2) is 4.98 Å². The number of nitrogen functional groups attached to an aromatic ring is 1. The van der Waals surface area contributed by atoms with Crippen LogP contribution in [-0.2, 0) is 9.53 Å². The third-order valence-corrected chi connectivity index (χ3v) is 2.89. The molecule has 6 nitrogen and oxygen atoms in total. The van der Waals surface area contributed by atoms with Crippen LogP contribution in [0.5, 0.6) is 0 Å². The highest BCUT2D eigenvalue weighted by Crippen LogP contribution is 2.18. The Hall–Kier alpha value is -1.82. The van der Waals surface area contributed by atoms with Crippen LogP contribution in [0.3, 0.4) is 0 Å². The Labute approximate surface area is 126 Å². The molecule has 1 aliphatic heterocycles. The fourth-order valence-electron chi connectivity index (χ4n) is 1.94. The minimum absolute atomic E-state index is 0.318. The van der Waals surface area contributed by atoms with E-state index in [0.717, 1.165) is 43.2 Å². The molecule has 1 aromatic rings. The van der Waals surface area contributed by atoms with Crippen molar-refractivity contribution in [3.05, 3.63) is 17.8 Å². The van der Waals surface area contributed by atoms with Gasteiger partial charge in [-0.2, -0.15) is 0 Å². The average molecular weight is 294 g/mol. The van der Waals surface area contributed by atoms with Crippen LogP contribution in [-0.4, -0.2) is 43.2 Å². The SMILES string of the molecule is CC(C)(C)OC=O.Cc1cc(N)cnc1N1CCNCC1. The fourth-order valence-corrected chi connectivity index (χ4v) is 1.94. The number of aromatic nitrogens is 1. The number of anilines is 2. The molecule has 0 unspecified atom stereocenters. The Morgan fingerprint density at radius 1 is 1.38 bits per heavy atom. The number of aryl methyl sites for hydroxylation is 1. The second-order valence-electron chi connectivity index (χ2n) is 5.97. The van der Waals surface area contributed by atoms with E-state index < -0.39 is 0 Å². The van der Waals surface area contributed by atoms with Crippen LogP contribution in [0.25, 0.3) is 0 Å². The van der Waals surface area contributed by atoms with Crippen LogP contribution in [0.2, 0.25) is 0 Å². The summed E-state index contributed by atoms with van der Waals surface area (Å²) in [7, 11) is 0. The zero-order chi connectivity index (χ0) is 15.9. The molecule has 1 saturated heterocycles. The predicted molar refractivity (Wildman–Crippen MR) is 85.4 cm³/mol. The molecule has 3 N–H and O–H groups in total. The number of hydrogen-bond donors (Lipinski definition) is 2. The van der Waals surface area contributed by atoms with E-state index in [-0.39, 0.29) is 5.60 Å². The molecule has 0 radical (unpaired) electrons. The molecule has 0 bridgehead atoms. The highest BCUT2D eigenvalue weighted by atomic mass is 16.5. The maximum atomic E-state index is 9.60. The summed E-state index contributed by atoms with van der Waals surface area (Å²) in [5.41, 5.74) is 7.24. The van der Waals surface area contributed by atoms with Crippen molar-refractivity contribution >= 4 is 18.0 Å². The van der Waals surface area contributed by atoms with Crippen molar-refractivity contribution in [1.82, 2.24) is 10.3 Å². The minimum Gasteiger partial charge on any atom is -0.462 e. The number of nitrogens with two attached hydrogens (primary N) is 1. The fraction of sp³-hybridized carbons (Fsp3) is 0.600. The molecular formula is C15H26N4O2. The Balaban J connectivity index is 0.000000270. The number of nitrogens with one attached hydrogen (secondary N) is 1. The minimum atomic E-state index is -0.318. The smallest absolute Gasteiger partial charge is 0.293 e. The summed E-state index contributed by atoms with van der Waals surface area (Å²) >= 11 is 0. The molecule has 0 amide bonds. The van der Waals surface area contributed by atoms with Gasteiger partial charge in [0.2, 0.25) is 0 Å². The molecule has 0 aliphatic carbocycles. The van der Waals surface area contributed by atoms with Gasteiger partial charge < -0.3 is 20.7 Å². The van der Waals surface area contributed by atoms with Crippen LogP contribution in [0.15, 0.2) is 12.3 Å². The molecular weight excluding hydrogens is 268 g/mol. The van der Waals surface area contributed by atoms with Gasteiger partial charge in [0.25, 0.3) is 6.47 Å². The van der Waals surface area contributed by atoms with Crippen LogP contribution < -0.4 is 16.0 Å². The van der Waals surface area contributed by atoms with Crippen LogP contribution in [0.1, 0.15) is 26.3 Å². The number of rotatable bonds is 2. The molecule has 2 heterocycles. The lowest BCUT2D eigenvalue weighted by Gasteiger charge is -2.29. The Bertz CT molecular complexity index is 451. The van der Waals surface area contributed by atoms with Gasteiger partial charge in [-0.3, -0.25) is 4.79 Å². The molecule has 118 valence electrons. The quantitative estimate of drug-likeness (QED) is 0.801. The van der Waals surface area contributed by atoms with E-state index >= 15 is 0 Å². The van der Waals surface area contributed by atoms with Crippen molar-refractivity contribution in [3.8, 4) is 0 Å². The molecule has 0 saturated carbocycles. The lowest BCUT2D eigenvalue weighted by Crippen LogP contribution is -2.44. The summed E-state index contributed by atoms with van der Waals surface area (Å²) < 4.78 is 4.55. The molecule has 1 fully saturated rings. The maximum absolute atomic E-state index is 9.60. The lowest BCUT2D eigenvalue weighted by atomic mass is 10.2. The molecule has 1 aromatic heterocycles. The zero-order valence-electron chi connectivity index (χ0n) is 13.3. The Kier molecular flexibility index (Phi) is 6.42. The Morgan fingerprint density at radius 3 is 2.43 bits per heavy atom. The lowest BCUT2D eigenvalue weighted by molar-refractivity contribution is -0.138. The normalized spacial score (nSPS) is 15.0. The summed E-state index contributed by atoms with van der Waals surface area (Å²) in [5.74, 6) is 1.07. The van der Waals surface area contributed by atoms with Crippen molar-refractivity contribution in [2.75, 3.05) is 36.8 Å². The molecule has 6 heteroatoms. The summed E-state index contributed by atoms with van der Waals surface area (Å²) in [6, 6.07) is 1.98. The second kappa shape index (κ2) is 7.83. The average Bonchev–Trinajstić information content (AvgIpc) is 2.39. The first-order valence-corrected chi connectivity index (χ1v) is 7.13. The highest BCUT2D eigenvalue weighted by molar-refractivity contribution is 5.52. The standard InChI is InChI=1S/C10H16N4.C5H10O2/c1-8-6-9(11)7-13-10(8)14-4-2-12-3-5-14;1-5(2,3)7-4-6/h6-7,12H,2-5,11H2,1H3;4H,1-3H3. The number of carbonyl (C=O) groups is 1. The van der Waals surface area contributed by atoms with Gasteiger partial charge in [0.05, 0.1) is 11.9 Å². The largest absolute Gasteiger partial charge is 0.462 e. The zero-order valence-corrected chi connectivity index (χ0v) is 13.3. The van der Waals surface area contributed by atoms with Crippen molar-refractivity contribution in [2.24, 2.45) is 0 Å². The first-order chi connectivity index (χ1) is 9.83. The van der Waals surface area contributed by atoms with E-state index in [1.807, 2.05) is 26.8 Å². The molecule has 21 heavy (non-hydrogen) atoms. The molecule has 0 aromatic carbocycles. The van der Waals surface area contributed by atoms with Crippen molar-refractivity contribution in [3.63, 3.8) is 0 Å². The van der Waals surface area contributed by atoms with Crippen molar-refractivity contribution in [1.29, 1.82) is 0 Å². The molecule has 2 rings (SSSR count). The summed E-state index contributed by atoms with van der Waals surface area (Å²) in [5, 5.41) is 3.32. The van der Waals surface area contributed by atoms with Crippen molar-refractivity contribution in [2.45, 2.75) is 33.3 Å². The third-order valence-electron chi connectivity index (χ3n) is 2.89. The van der Waals surface area contributed by atoms with E-state index in [4.69, 9.17) is 5.73 Å². The summed E-state index contributed by atoms with van der Waals surface area (Å²) in [4.78, 5) is 16.3. The van der Waals surface area contributed by atoms with Gasteiger partial charge in [-0.15, -0.1) is 0 Å². The molecule has 1 aliphatic rings. The maximum Gasteiger partial charge on any atom is 0.293 e. The highest BCUT2D eigenvalue weighted by Gasteiger charge is 2.13. The number of carbonyl (C=O) groups excluding carboxylic acids is 1. The number of hydrogen-bond acceptors (Lipinski definition) is 6. The van der Waals surface area contributed by atoms with Gasteiger partial charge in [0, 0.05) is 26.2 Å². The van der Waals surface area contributed by atoms with Gasteiger partial charge in [-0.05, 0) is 39.3 Å². The van der Waals surface area contributed by atoms with Crippen LogP contribution in [0, 0.1) is 6.92 Å². The van der Waals surface area contributed by atoms with E-state index in [2.05, 4.69) is 26.9 Å². The number of pyridine rings is 1. The van der Waals surface area contributed by atoms with E-state index in [1.54, 1.807) is 6.20 Å². The van der Waals surface area contributed by atoms with Crippen LogP contribution >= 0.6 is 0 Å². The molecule has 0 atom stereocenters. The van der Waals surface area contributed by atoms with Gasteiger partial charge in [-0.1, -0.05) is 0 Å². The van der Waals surface area contributed by atoms with E-state index in [9.17, 15) is 4.79 Å². The van der Waals surface area contributed by atoms with Crippen molar-refractivity contribution < 1.29 is 9.53 Å². The van der Waals surface area contributed by atoms with E-state index in [0.29, 0.717) is 6.47 Å². The number of ether oxygens (including phenoxy) is 1. The predicted octanol–water partition coefficient (Wildman–Crippen LogP) is 1.34. The second-order valence-corrected chi connectivity index (χ2v) is 5.97. The first kappa shape index (κ1) is 17.2. The monoisotopic (exact) mass is 294 g/mol. The van der Waals surface area contributed by atoms with Gasteiger partial charge >= 0.3 is 0 Å². The number of nitrogens with zero attached hydrogens (tertiary/aromatic N) is 2. The third kappa shape index (κ3) is 6.44. The van der Waals surface area contributed by atoms with Gasteiger partial charge in [0.1, 0.15) is 11.4 Å². The summed E-state index contributed by atoms with van der Waals surface area (Å²) in [6.45, 7) is 12.1. The topological polar surface area (TPSA) is 80.5 Å². The van der Waals surface area contributed by atoms with E-state index in [1.165, 1.54) is 0 Å². The number of piperazine rings is 1. The summed E-state index contributed by atoms with van der Waals surface area (Å²) in [6.07, 6.45) is 1.73. The van der Waals surface area contributed by atoms with Gasteiger partial charge in [0.15, 0.2) is 0 Å². The molecule has 0 spiro atoms. The first-order valence-electron chi connectivity index (χ1n) is 7.13. The Morgan fingerprint density at radius 2 is 2.00 bits per heavy atom.